The average Bonchev–Trinajstić information content (AvgIpc) is 2.92. The van der Waals surface area contributed by atoms with Gasteiger partial charge in [-0.3, -0.25) is 4.79 Å². The molecule has 0 bridgehead atoms. The van der Waals surface area contributed by atoms with Crippen LogP contribution in [0.2, 0.25) is 0 Å². The highest BCUT2D eigenvalue weighted by Gasteiger charge is 2.39. The third-order valence-corrected chi connectivity index (χ3v) is 3.54. The highest BCUT2D eigenvalue weighted by molar-refractivity contribution is 5.85. The van der Waals surface area contributed by atoms with Crippen molar-refractivity contribution in [2.24, 2.45) is 11.8 Å². The molecule has 1 atom stereocenters. The van der Waals surface area contributed by atoms with Gasteiger partial charge in [0.1, 0.15) is 6.10 Å². The van der Waals surface area contributed by atoms with Gasteiger partial charge >= 0.3 is 0 Å². The van der Waals surface area contributed by atoms with Crippen LogP contribution in [-0.4, -0.2) is 18.0 Å². The molecule has 86 valence electrons. The highest BCUT2D eigenvalue weighted by Crippen LogP contribution is 2.37. The summed E-state index contributed by atoms with van der Waals surface area (Å²) in [7, 11) is 0. The van der Waals surface area contributed by atoms with Crippen molar-refractivity contribution < 1.29 is 9.53 Å². The number of hydrogen-bond acceptors (Lipinski definition) is 2. The van der Waals surface area contributed by atoms with E-state index in [-0.39, 0.29) is 12.0 Å². The molecule has 15 heavy (non-hydrogen) atoms. The Morgan fingerprint density at radius 2 is 1.73 bits per heavy atom. The van der Waals surface area contributed by atoms with E-state index in [1.54, 1.807) is 0 Å². The largest absolute Gasteiger partial charge is 0.367 e. The lowest BCUT2D eigenvalue weighted by atomic mass is 10.0. The molecule has 0 aliphatic heterocycles. The number of rotatable bonds is 5. The van der Waals surface area contributed by atoms with Crippen LogP contribution >= 0.6 is 0 Å². The molecule has 0 aromatic heterocycles. The van der Waals surface area contributed by atoms with Gasteiger partial charge in [-0.05, 0) is 31.6 Å². The summed E-state index contributed by atoms with van der Waals surface area (Å²) in [6.07, 6.45) is 7.55. The van der Waals surface area contributed by atoms with Crippen LogP contribution in [0.3, 0.4) is 0 Å². The second kappa shape index (κ2) is 4.65. The lowest BCUT2D eigenvalue weighted by Gasteiger charge is -2.22. The molecule has 0 N–H and O–H groups in total. The molecule has 0 amide bonds. The Kier molecular flexibility index (Phi) is 3.45. The van der Waals surface area contributed by atoms with Crippen LogP contribution in [-0.2, 0) is 9.53 Å². The summed E-state index contributed by atoms with van der Waals surface area (Å²) in [6, 6.07) is 0. The Labute approximate surface area is 92.4 Å². The number of carbonyl (C=O) groups is 1. The molecule has 0 heterocycles. The van der Waals surface area contributed by atoms with E-state index < -0.39 is 0 Å². The molecule has 0 radical (unpaired) electrons. The van der Waals surface area contributed by atoms with Crippen LogP contribution in [0, 0.1) is 11.8 Å². The van der Waals surface area contributed by atoms with Crippen molar-refractivity contribution >= 4 is 5.78 Å². The summed E-state index contributed by atoms with van der Waals surface area (Å²) >= 11 is 0. The first-order valence-corrected chi connectivity index (χ1v) is 6.37. The van der Waals surface area contributed by atoms with E-state index in [4.69, 9.17) is 4.74 Å². The van der Waals surface area contributed by atoms with E-state index >= 15 is 0 Å². The fraction of sp³-hybridized carbons (Fsp3) is 0.923. The minimum atomic E-state index is -0.0758. The fourth-order valence-corrected chi connectivity index (χ4v) is 2.37. The first-order chi connectivity index (χ1) is 7.18. The maximum absolute atomic E-state index is 12.0. The molecular formula is C13H22O2. The summed E-state index contributed by atoms with van der Waals surface area (Å²) in [5.41, 5.74) is 0. The van der Waals surface area contributed by atoms with E-state index in [1.165, 1.54) is 25.7 Å². The maximum atomic E-state index is 12.0. The van der Waals surface area contributed by atoms with Crippen molar-refractivity contribution in [1.29, 1.82) is 0 Å². The van der Waals surface area contributed by atoms with Gasteiger partial charge in [0.05, 0.1) is 6.10 Å². The van der Waals surface area contributed by atoms with E-state index in [0.29, 0.717) is 17.8 Å². The Morgan fingerprint density at radius 1 is 1.13 bits per heavy atom. The quantitative estimate of drug-likeness (QED) is 0.697. The lowest BCUT2D eigenvalue weighted by Crippen LogP contribution is -2.33. The molecule has 2 rings (SSSR count). The normalized spacial score (nSPS) is 24.7. The zero-order valence-corrected chi connectivity index (χ0v) is 9.87. The standard InChI is InChI=1S/C13H22O2/c1-9(2)12(14)13(10-7-8-10)15-11-5-3-4-6-11/h9-11,13H,3-8H2,1-2H3/t13-/m1/s1. The monoisotopic (exact) mass is 210 g/mol. The van der Waals surface area contributed by atoms with Crippen molar-refractivity contribution in [1.82, 2.24) is 0 Å². The average molecular weight is 210 g/mol. The summed E-state index contributed by atoms with van der Waals surface area (Å²) < 4.78 is 6.01. The van der Waals surface area contributed by atoms with Gasteiger partial charge in [0.2, 0.25) is 0 Å². The number of hydrogen-bond donors (Lipinski definition) is 0. The van der Waals surface area contributed by atoms with Gasteiger partial charge in [0, 0.05) is 5.92 Å². The summed E-state index contributed by atoms with van der Waals surface area (Å²) in [5, 5.41) is 0. The Morgan fingerprint density at radius 3 is 2.20 bits per heavy atom. The van der Waals surface area contributed by atoms with Crippen molar-refractivity contribution in [2.75, 3.05) is 0 Å². The van der Waals surface area contributed by atoms with Gasteiger partial charge in [-0.1, -0.05) is 26.7 Å². The summed E-state index contributed by atoms with van der Waals surface area (Å²) in [4.78, 5) is 12.0. The molecule has 2 nitrogen and oxygen atoms in total. The van der Waals surface area contributed by atoms with Crippen molar-refractivity contribution in [2.45, 2.75) is 64.6 Å². The van der Waals surface area contributed by atoms with E-state index in [0.717, 1.165) is 12.8 Å². The first-order valence-electron chi connectivity index (χ1n) is 6.37. The van der Waals surface area contributed by atoms with Crippen LogP contribution in [0.4, 0.5) is 0 Å². The first kappa shape index (κ1) is 11.1. The second-order valence-electron chi connectivity index (χ2n) is 5.36. The molecule has 2 aliphatic carbocycles. The Hall–Kier alpha value is -0.370. The number of Topliss-reactive ketones (excluding diaryl/α,β-unsaturated/α-hetero) is 1. The highest BCUT2D eigenvalue weighted by atomic mass is 16.5. The molecule has 2 saturated carbocycles. The lowest BCUT2D eigenvalue weighted by molar-refractivity contribution is -0.139. The molecule has 0 unspecified atom stereocenters. The number of carbonyl (C=O) groups excluding carboxylic acids is 1. The molecule has 0 aromatic carbocycles. The van der Waals surface area contributed by atoms with Gasteiger partial charge in [0.15, 0.2) is 5.78 Å². The number of ether oxygens (including phenoxy) is 1. The van der Waals surface area contributed by atoms with Gasteiger partial charge in [-0.25, -0.2) is 0 Å². The molecule has 2 aliphatic rings. The van der Waals surface area contributed by atoms with Crippen molar-refractivity contribution in [3.63, 3.8) is 0 Å². The van der Waals surface area contributed by atoms with Crippen LogP contribution in [0.25, 0.3) is 0 Å². The number of ketones is 1. The van der Waals surface area contributed by atoms with E-state index in [1.807, 2.05) is 13.8 Å². The van der Waals surface area contributed by atoms with Gasteiger partial charge in [0.25, 0.3) is 0 Å². The zero-order chi connectivity index (χ0) is 10.8. The predicted molar refractivity (Wildman–Crippen MR) is 59.7 cm³/mol. The Bertz CT molecular complexity index is 225. The Balaban J connectivity index is 1.90. The van der Waals surface area contributed by atoms with Crippen LogP contribution < -0.4 is 0 Å². The predicted octanol–water partition coefficient (Wildman–Crippen LogP) is 2.95. The van der Waals surface area contributed by atoms with Crippen LogP contribution in [0.5, 0.6) is 0 Å². The smallest absolute Gasteiger partial charge is 0.164 e. The van der Waals surface area contributed by atoms with Gasteiger partial charge in [-0.15, -0.1) is 0 Å². The molecule has 0 aromatic rings. The minimum Gasteiger partial charge on any atom is -0.367 e. The van der Waals surface area contributed by atoms with E-state index in [2.05, 4.69) is 0 Å². The van der Waals surface area contributed by atoms with Gasteiger partial charge < -0.3 is 4.74 Å². The fourth-order valence-electron chi connectivity index (χ4n) is 2.37. The molecule has 0 saturated heterocycles. The third-order valence-electron chi connectivity index (χ3n) is 3.54. The molecule has 0 spiro atoms. The van der Waals surface area contributed by atoms with Crippen molar-refractivity contribution in [3.8, 4) is 0 Å². The third kappa shape index (κ3) is 2.81. The molecular weight excluding hydrogens is 188 g/mol. The van der Waals surface area contributed by atoms with Crippen LogP contribution in [0.1, 0.15) is 52.4 Å². The second-order valence-corrected chi connectivity index (χ2v) is 5.36. The summed E-state index contributed by atoms with van der Waals surface area (Å²) in [5.74, 6) is 0.988. The summed E-state index contributed by atoms with van der Waals surface area (Å²) in [6.45, 7) is 3.96. The minimum absolute atomic E-state index is 0.0758. The zero-order valence-electron chi connectivity index (χ0n) is 9.87. The van der Waals surface area contributed by atoms with Crippen molar-refractivity contribution in [3.05, 3.63) is 0 Å². The van der Waals surface area contributed by atoms with E-state index in [9.17, 15) is 4.79 Å². The SMILES string of the molecule is CC(C)C(=O)[C@H](OC1CCCC1)C1CC1. The van der Waals surface area contributed by atoms with Crippen LogP contribution in [0.15, 0.2) is 0 Å². The maximum Gasteiger partial charge on any atom is 0.164 e. The van der Waals surface area contributed by atoms with Gasteiger partial charge in [-0.2, -0.15) is 0 Å². The molecule has 2 fully saturated rings. The topological polar surface area (TPSA) is 26.3 Å². The molecule has 2 heteroatoms.